The molecule has 0 atom stereocenters. The van der Waals surface area contributed by atoms with Gasteiger partial charge < -0.3 is 25.7 Å². The van der Waals surface area contributed by atoms with Crippen LogP contribution in [0.5, 0.6) is 0 Å². The van der Waals surface area contributed by atoms with Gasteiger partial charge in [-0.25, -0.2) is 0 Å². The molecule has 1 saturated heterocycles. The van der Waals surface area contributed by atoms with Gasteiger partial charge in [-0.3, -0.25) is 4.79 Å². The lowest BCUT2D eigenvalue weighted by molar-refractivity contribution is -0.142. The van der Waals surface area contributed by atoms with Crippen molar-refractivity contribution in [3.8, 4) is 0 Å². The zero-order valence-electron chi connectivity index (χ0n) is 11.8. The Morgan fingerprint density at radius 3 is 2.55 bits per heavy atom. The smallest absolute Gasteiger partial charge is 0.236 e. The molecule has 7 heteroatoms. The van der Waals surface area contributed by atoms with Gasteiger partial charge >= 0.3 is 0 Å². The van der Waals surface area contributed by atoms with Crippen LogP contribution in [-0.2, 0) is 9.53 Å². The minimum absolute atomic E-state index is 0.0358. The van der Waals surface area contributed by atoms with Crippen LogP contribution >= 0.6 is 0 Å². The van der Waals surface area contributed by atoms with Crippen molar-refractivity contribution in [2.75, 3.05) is 26.8 Å². The van der Waals surface area contributed by atoms with Gasteiger partial charge in [-0.1, -0.05) is 5.16 Å². The average molecular weight is 285 g/mol. The molecule has 0 aromatic heterocycles. The van der Waals surface area contributed by atoms with Crippen molar-refractivity contribution in [1.82, 2.24) is 4.90 Å². The van der Waals surface area contributed by atoms with Crippen molar-refractivity contribution >= 4 is 11.7 Å². The third-order valence-electron chi connectivity index (χ3n) is 4.44. The fourth-order valence-corrected chi connectivity index (χ4v) is 3.08. The topological polar surface area (TPSA) is 108 Å². The molecule has 2 aliphatic rings. The fourth-order valence-electron chi connectivity index (χ4n) is 3.08. The van der Waals surface area contributed by atoms with Crippen LogP contribution in [0, 0.1) is 11.3 Å². The molecule has 0 unspecified atom stereocenters. The summed E-state index contributed by atoms with van der Waals surface area (Å²) in [6.45, 7) is 1.45. The van der Waals surface area contributed by atoms with Crippen molar-refractivity contribution < 1.29 is 19.8 Å². The van der Waals surface area contributed by atoms with Crippen LogP contribution in [0.4, 0.5) is 0 Å². The number of aliphatic hydroxyl groups is 1. The van der Waals surface area contributed by atoms with E-state index in [1.807, 2.05) is 0 Å². The Labute approximate surface area is 118 Å². The highest BCUT2D eigenvalue weighted by Crippen LogP contribution is 2.34. The number of hydrogen-bond acceptors (Lipinski definition) is 5. The van der Waals surface area contributed by atoms with E-state index < -0.39 is 5.41 Å². The molecule has 0 spiro atoms. The molecule has 4 N–H and O–H groups in total. The highest BCUT2D eigenvalue weighted by atomic mass is 16.5. The molecule has 0 aromatic rings. The number of ether oxygens (including phenoxy) is 1. The second-order valence-electron chi connectivity index (χ2n) is 5.86. The molecule has 1 heterocycles. The van der Waals surface area contributed by atoms with Crippen LogP contribution in [0.15, 0.2) is 5.16 Å². The highest BCUT2D eigenvalue weighted by Gasteiger charge is 2.46. The molecule has 1 amide bonds. The summed E-state index contributed by atoms with van der Waals surface area (Å²) in [5, 5.41) is 21.3. The molecule has 0 bridgehead atoms. The highest BCUT2D eigenvalue weighted by molar-refractivity contribution is 6.06. The Morgan fingerprint density at radius 2 is 2.05 bits per heavy atom. The average Bonchev–Trinajstić information content (AvgIpc) is 2.44. The maximum absolute atomic E-state index is 12.7. The van der Waals surface area contributed by atoms with Gasteiger partial charge in [0.25, 0.3) is 0 Å². The van der Waals surface area contributed by atoms with Crippen molar-refractivity contribution in [3.05, 3.63) is 0 Å². The minimum Gasteiger partial charge on any atom is -0.409 e. The molecule has 7 nitrogen and oxygen atoms in total. The lowest BCUT2D eigenvalue weighted by atomic mass is 9.76. The van der Waals surface area contributed by atoms with Gasteiger partial charge in [0.15, 0.2) is 5.84 Å². The summed E-state index contributed by atoms with van der Waals surface area (Å²) < 4.78 is 5.28. The van der Waals surface area contributed by atoms with Crippen molar-refractivity contribution in [1.29, 1.82) is 0 Å². The summed E-state index contributed by atoms with van der Waals surface area (Å²) in [6, 6.07) is 0. The molecular formula is C13H23N3O4. The first-order valence-corrected chi connectivity index (χ1v) is 6.99. The number of carbonyl (C=O) groups excluding carboxylic acids is 1. The van der Waals surface area contributed by atoms with E-state index in [-0.39, 0.29) is 17.8 Å². The number of carbonyl (C=O) groups is 1. The Kier molecular flexibility index (Phi) is 4.49. The number of amidine groups is 1. The third kappa shape index (κ3) is 2.73. The monoisotopic (exact) mass is 285 g/mol. The van der Waals surface area contributed by atoms with E-state index in [0.717, 1.165) is 12.8 Å². The zero-order chi connectivity index (χ0) is 14.8. The van der Waals surface area contributed by atoms with E-state index in [0.29, 0.717) is 38.5 Å². The van der Waals surface area contributed by atoms with Crippen molar-refractivity contribution in [2.45, 2.75) is 31.8 Å². The van der Waals surface area contributed by atoms with Crippen LogP contribution in [-0.4, -0.2) is 59.9 Å². The van der Waals surface area contributed by atoms with E-state index in [9.17, 15) is 9.90 Å². The molecule has 1 aliphatic carbocycles. The molecule has 1 saturated carbocycles. The van der Waals surface area contributed by atoms with E-state index >= 15 is 0 Å². The number of rotatable bonds is 4. The normalized spacial score (nSPS) is 29.6. The quantitative estimate of drug-likeness (QED) is 0.286. The first kappa shape index (κ1) is 15.1. The van der Waals surface area contributed by atoms with Crippen LogP contribution in [0.1, 0.15) is 25.7 Å². The Hall–Kier alpha value is -1.34. The van der Waals surface area contributed by atoms with Gasteiger partial charge in [0.1, 0.15) is 5.41 Å². The summed E-state index contributed by atoms with van der Waals surface area (Å²) in [6.07, 6.45) is 2.09. The van der Waals surface area contributed by atoms with Gasteiger partial charge in [0.05, 0.1) is 6.10 Å². The van der Waals surface area contributed by atoms with Gasteiger partial charge in [-0.2, -0.15) is 0 Å². The van der Waals surface area contributed by atoms with E-state index in [2.05, 4.69) is 5.16 Å². The predicted molar refractivity (Wildman–Crippen MR) is 72.3 cm³/mol. The Balaban J connectivity index is 2.06. The SMILES string of the molecule is CN(CC1CC(O)C1)C(=O)C1(C(N)=NO)CCOCC1. The third-order valence-corrected chi connectivity index (χ3v) is 4.44. The first-order chi connectivity index (χ1) is 9.49. The second-order valence-corrected chi connectivity index (χ2v) is 5.86. The summed E-state index contributed by atoms with van der Waals surface area (Å²) >= 11 is 0. The fraction of sp³-hybridized carbons (Fsp3) is 0.846. The molecule has 2 fully saturated rings. The number of hydrogen-bond donors (Lipinski definition) is 3. The summed E-state index contributed by atoms with van der Waals surface area (Å²) in [4.78, 5) is 14.4. The summed E-state index contributed by atoms with van der Waals surface area (Å²) in [5.41, 5.74) is 4.82. The van der Waals surface area contributed by atoms with E-state index in [4.69, 9.17) is 15.7 Å². The van der Waals surface area contributed by atoms with E-state index in [1.165, 1.54) is 0 Å². The first-order valence-electron chi connectivity index (χ1n) is 6.99. The van der Waals surface area contributed by atoms with Gasteiger partial charge in [-0.05, 0) is 31.6 Å². The Bertz CT molecular complexity index is 387. The number of nitrogens with zero attached hydrogens (tertiary/aromatic N) is 2. The number of aliphatic hydroxyl groups excluding tert-OH is 1. The predicted octanol–water partition coefficient (Wildman–Crippen LogP) is -0.241. The summed E-state index contributed by atoms with van der Waals surface area (Å²) in [7, 11) is 1.73. The van der Waals surface area contributed by atoms with Crippen LogP contribution in [0.2, 0.25) is 0 Å². The number of oxime groups is 1. The van der Waals surface area contributed by atoms with Crippen LogP contribution in [0.25, 0.3) is 0 Å². The Morgan fingerprint density at radius 1 is 1.45 bits per heavy atom. The lowest BCUT2D eigenvalue weighted by Gasteiger charge is -2.40. The van der Waals surface area contributed by atoms with Crippen LogP contribution in [0.3, 0.4) is 0 Å². The molecule has 2 rings (SSSR count). The molecule has 0 radical (unpaired) electrons. The van der Waals surface area contributed by atoms with Gasteiger partial charge in [-0.15, -0.1) is 0 Å². The van der Waals surface area contributed by atoms with Crippen molar-refractivity contribution in [3.63, 3.8) is 0 Å². The largest absolute Gasteiger partial charge is 0.409 e. The zero-order valence-corrected chi connectivity index (χ0v) is 11.8. The minimum atomic E-state index is -0.954. The van der Waals surface area contributed by atoms with Crippen LogP contribution < -0.4 is 5.73 Å². The maximum atomic E-state index is 12.7. The maximum Gasteiger partial charge on any atom is 0.236 e. The molecule has 1 aliphatic heterocycles. The number of nitrogens with two attached hydrogens (primary N) is 1. The van der Waals surface area contributed by atoms with E-state index in [1.54, 1.807) is 11.9 Å². The second kappa shape index (κ2) is 5.97. The van der Waals surface area contributed by atoms with Gasteiger partial charge in [0.2, 0.25) is 5.91 Å². The molecular weight excluding hydrogens is 262 g/mol. The summed E-state index contributed by atoms with van der Waals surface area (Å²) in [5.74, 6) is 0.173. The molecule has 20 heavy (non-hydrogen) atoms. The lowest BCUT2D eigenvalue weighted by Crippen LogP contribution is -2.54. The standard InChI is InChI=1S/C13H23N3O4/c1-16(8-9-6-10(17)7-9)12(18)13(11(14)15-19)2-4-20-5-3-13/h9-10,17,19H,2-8H2,1H3,(H2,14,15). The van der Waals surface area contributed by atoms with Gasteiger partial charge in [0, 0.05) is 26.8 Å². The molecule has 114 valence electrons. The van der Waals surface area contributed by atoms with Crippen molar-refractivity contribution in [2.24, 2.45) is 22.2 Å². The number of amides is 1. The molecule has 0 aromatic carbocycles.